The predicted octanol–water partition coefficient (Wildman–Crippen LogP) is 1.79. The highest BCUT2D eigenvalue weighted by Crippen LogP contribution is 2.20. The second-order valence-electron chi connectivity index (χ2n) is 4.56. The number of thioether (sulfide) groups is 1. The molecular formula is C13H20ClN3OS. The standard InChI is InChI=1S/C13H19N3OS.ClH/c14-8-11-2-1-7-16(9-11)13(17)10-18-12-3-5-15-6-4-12;/h3-6,11H,1-2,7-10,14H2;1H. The van der Waals surface area contributed by atoms with E-state index in [0.29, 0.717) is 18.2 Å². The molecule has 0 aromatic carbocycles. The first-order chi connectivity index (χ1) is 8.79. The highest BCUT2D eigenvalue weighted by molar-refractivity contribution is 8.00. The van der Waals surface area contributed by atoms with Gasteiger partial charge in [-0.25, -0.2) is 0 Å². The van der Waals surface area contributed by atoms with Crippen molar-refractivity contribution in [1.82, 2.24) is 9.88 Å². The second-order valence-corrected chi connectivity index (χ2v) is 5.60. The molecule has 106 valence electrons. The summed E-state index contributed by atoms with van der Waals surface area (Å²) in [5, 5.41) is 0. The molecule has 2 N–H and O–H groups in total. The van der Waals surface area contributed by atoms with E-state index >= 15 is 0 Å². The highest BCUT2D eigenvalue weighted by Gasteiger charge is 2.22. The maximum absolute atomic E-state index is 12.1. The van der Waals surface area contributed by atoms with Crippen LogP contribution in [0.4, 0.5) is 0 Å². The van der Waals surface area contributed by atoms with Crippen molar-refractivity contribution in [1.29, 1.82) is 0 Å². The summed E-state index contributed by atoms with van der Waals surface area (Å²) in [5.41, 5.74) is 5.68. The van der Waals surface area contributed by atoms with Crippen molar-refractivity contribution in [3.05, 3.63) is 24.5 Å². The van der Waals surface area contributed by atoms with Gasteiger partial charge in [0.15, 0.2) is 0 Å². The fraction of sp³-hybridized carbons (Fsp3) is 0.538. The van der Waals surface area contributed by atoms with Crippen LogP contribution in [0, 0.1) is 5.92 Å². The van der Waals surface area contributed by atoms with Crippen molar-refractivity contribution in [2.45, 2.75) is 17.7 Å². The number of pyridine rings is 1. The number of aromatic nitrogens is 1. The molecule has 19 heavy (non-hydrogen) atoms. The van der Waals surface area contributed by atoms with Gasteiger partial charge in [0, 0.05) is 30.4 Å². The second kappa shape index (κ2) is 8.40. The third-order valence-corrected chi connectivity index (χ3v) is 4.21. The third-order valence-electron chi connectivity index (χ3n) is 3.22. The van der Waals surface area contributed by atoms with Crippen LogP contribution in [0.1, 0.15) is 12.8 Å². The number of nitrogens with two attached hydrogens (primary N) is 1. The Morgan fingerprint density at radius 1 is 1.47 bits per heavy atom. The maximum Gasteiger partial charge on any atom is 0.232 e. The van der Waals surface area contributed by atoms with Gasteiger partial charge in [0.05, 0.1) is 5.75 Å². The molecular weight excluding hydrogens is 282 g/mol. The number of rotatable bonds is 4. The number of halogens is 1. The van der Waals surface area contributed by atoms with Gasteiger partial charge in [-0.2, -0.15) is 0 Å². The summed E-state index contributed by atoms with van der Waals surface area (Å²) < 4.78 is 0. The molecule has 2 rings (SSSR count). The third kappa shape index (κ3) is 5.01. The van der Waals surface area contributed by atoms with E-state index in [2.05, 4.69) is 4.98 Å². The van der Waals surface area contributed by atoms with Crippen molar-refractivity contribution >= 4 is 30.1 Å². The Morgan fingerprint density at radius 2 is 2.21 bits per heavy atom. The van der Waals surface area contributed by atoms with E-state index in [4.69, 9.17) is 5.73 Å². The molecule has 4 nitrogen and oxygen atoms in total. The molecule has 1 aliphatic heterocycles. The Labute approximate surface area is 124 Å². The molecule has 1 amide bonds. The summed E-state index contributed by atoms with van der Waals surface area (Å²) in [7, 11) is 0. The van der Waals surface area contributed by atoms with Crippen LogP contribution in [0.15, 0.2) is 29.4 Å². The highest BCUT2D eigenvalue weighted by atomic mass is 35.5. The number of hydrogen-bond acceptors (Lipinski definition) is 4. The average Bonchev–Trinajstić information content (AvgIpc) is 2.46. The average molecular weight is 302 g/mol. The first-order valence-electron chi connectivity index (χ1n) is 6.30. The molecule has 0 aliphatic carbocycles. The van der Waals surface area contributed by atoms with Gasteiger partial charge in [-0.1, -0.05) is 0 Å². The van der Waals surface area contributed by atoms with Crippen molar-refractivity contribution in [3.8, 4) is 0 Å². The van der Waals surface area contributed by atoms with Gasteiger partial charge in [0.1, 0.15) is 0 Å². The van der Waals surface area contributed by atoms with Gasteiger partial charge >= 0.3 is 0 Å². The summed E-state index contributed by atoms with van der Waals surface area (Å²) in [6, 6.07) is 3.85. The number of nitrogens with zero attached hydrogens (tertiary/aromatic N) is 2. The molecule has 0 radical (unpaired) electrons. The summed E-state index contributed by atoms with van der Waals surface area (Å²) in [4.78, 5) is 19.1. The largest absolute Gasteiger partial charge is 0.342 e. The summed E-state index contributed by atoms with van der Waals surface area (Å²) in [6.45, 7) is 2.39. The Bertz CT molecular complexity index is 391. The van der Waals surface area contributed by atoms with Crippen molar-refractivity contribution < 1.29 is 4.79 Å². The fourth-order valence-corrected chi connectivity index (χ4v) is 2.94. The van der Waals surface area contributed by atoms with E-state index < -0.39 is 0 Å². The Kier molecular flexibility index (Phi) is 7.20. The number of amides is 1. The predicted molar refractivity (Wildman–Crippen MR) is 80.6 cm³/mol. The minimum atomic E-state index is 0. The monoisotopic (exact) mass is 301 g/mol. The lowest BCUT2D eigenvalue weighted by atomic mass is 9.98. The normalized spacial score (nSPS) is 18.8. The van der Waals surface area contributed by atoms with Gasteiger partial charge in [-0.15, -0.1) is 24.2 Å². The molecule has 0 spiro atoms. The van der Waals surface area contributed by atoms with Crippen molar-refractivity contribution in [2.24, 2.45) is 11.7 Å². The van der Waals surface area contributed by atoms with Crippen molar-refractivity contribution in [2.75, 3.05) is 25.4 Å². The van der Waals surface area contributed by atoms with E-state index in [1.165, 1.54) is 0 Å². The summed E-state index contributed by atoms with van der Waals surface area (Å²) in [5.74, 6) is 1.20. The van der Waals surface area contributed by atoms with Gasteiger partial charge in [-0.05, 0) is 37.4 Å². The van der Waals surface area contributed by atoms with Crippen LogP contribution >= 0.6 is 24.2 Å². The van der Waals surface area contributed by atoms with E-state index in [1.807, 2.05) is 17.0 Å². The van der Waals surface area contributed by atoms with Crippen LogP contribution in [0.5, 0.6) is 0 Å². The number of carbonyl (C=O) groups is 1. The molecule has 1 saturated heterocycles. The van der Waals surface area contributed by atoms with E-state index in [0.717, 1.165) is 30.8 Å². The minimum absolute atomic E-state index is 0. The fourth-order valence-electron chi connectivity index (χ4n) is 2.15. The first kappa shape index (κ1) is 16.3. The van der Waals surface area contributed by atoms with Crippen molar-refractivity contribution in [3.63, 3.8) is 0 Å². The molecule has 1 aromatic heterocycles. The lowest BCUT2D eigenvalue weighted by molar-refractivity contribution is -0.130. The molecule has 1 unspecified atom stereocenters. The molecule has 1 fully saturated rings. The first-order valence-corrected chi connectivity index (χ1v) is 7.29. The van der Waals surface area contributed by atoms with E-state index in [-0.39, 0.29) is 18.3 Å². The Hall–Kier alpha value is -0.780. The van der Waals surface area contributed by atoms with Gasteiger partial charge in [-0.3, -0.25) is 9.78 Å². The summed E-state index contributed by atoms with van der Waals surface area (Å²) >= 11 is 1.57. The van der Waals surface area contributed by atoms with Crippen LogP contribution in [-0.2, 0) is 4.79 Å². The molecule has 1 aromatic rings. The number of piperidine rings is 1. The van der Waals surface area contributed by atoms with E-state index in [1.54, 1.807) is 24.2 Å². The Balaban J connectivity index is 0.00000180. The zero-order chi connectivity index (χ0) is 12.8. The van der Waals surface area contributed by atoms with Crippen LogP contribution in [0.3, 0.4) is 0 Å². The lowest BCUT2D eigenvalue weighted by Gasteiger charge is -2.32. The summed E-state index contributed by atoms with van der Waals surface area (Å²) in [6.07, 6.45) is 5.72. The molecule has 0 saturated carbocycles. The lowest BCUT2D eigenvalue weighted by Crippen LogP contribution is -2.42. The van der Waals surface area contributed by atoms with Crippen LogP contribution in [0.25, 0.3) is 0 Å². The van der Waals surface area contributed by atoms with Crippen LogP contribution < -0.4 is 5.73 Å². The van der Waals surface area contributed by atoms with E-state index in [9.17, 15) is 4.79 Å². The van der Waals surface area contributed by atoms with Crippen LogP contribution in [-0.4, -0.2) is 41.2 Å². The maximum atomic E-state index is 12.1. The number of likely N-dealkylation sites (tertiary alicyclic amines) is 1. The Morgan fingerprint density at radius 3 is 2.89 bits per heavy atom. The molecule has 6 heteroatoms. The number of carbonyl (C=O) groups excluding carboxylic acids is 1. The smallest absolute Gasteiger partial charge is 0.232 e. The minimum Gasteiger partial charge on any atom is -0.342 e. The topological polar surface area (TPSA) is 59.2 Å². The van der Waals surface area contributed by atoms with Gasteiger partial charge in [0.25, 0.3) is 0 Å². The zero-order valence-corrected chi connectivity index (χ0v) is 12.5. The quantitative estimate of drug-likeness (QED) is 0.862. The van der Waals surface area contributed by atoms with Crippen LogP contribution in [0.2, 0.25) is 0 Å². The molecule has 1 aliphatic rings. The molecule has 1 atom stereocenters. The zero-order valence-electron chi connectivity index (χ0n) is 10.8. The SMILES string of the molecule is Cl.NCC1CCCN(C(=O)CSc2ccncc2)C1. The number of hydrogen-bond donors (Lipinski definition) is 1. The van der Waals surface area contributed by atoms with Gasteiger partial charge < -0.3 is 10.6 Å². The molecule has 0 bridgehead atoms. The van der Waals surface area contributed by atoms with Gasteiger partial charge in [0.2, 0.25) is 5.91 Å². The molecule has 2 heterocycles.